The summed E-state index contributed by atoms with van der Waals surface area (Å²) >= 11 is 0. The number of hydrogen-bond acceptors (Lipinski definition) is 9. The Labute approximate surface area is 365 Å². The normalized spacial score (nSPS) is 23.8. The summed E-state index contributed by atoms with van der Waals surface area (Å²) in [4.78, 5) is 56.5. The number of nitrogens with two attached hydrogens (primary N) is 2. The van der Waals surface area contributed by atoms with Crippen LogP contribution < -0.4 is 22.1 Å². The maximum Gasteiger partial charge on any atom is 0.461 e. The third-order valence-corrected chi connectivity index (χ3v) is 14.0. The molecule has 2 aromatic carbocycles. The van der Waals surface area contributed by atoms with Gasteiger partial charge in [0.15, 0.2) is 11.6 Å². The van der Waals surface area contributed by atoms with Gasteiger partial charge >= 0.3 is 13.1 Å². The van der Waals surface area contributed by atoms with E-state index in [-0.39, 0.29) is 48.1 Å². The lowest BCUT2D eigenvalue weighted by atomic mass is 9.43. The van der Waals surface area contributed by atoms with Gasteiger partial charge in [-0.2, -0.15) is 0 Å². The van der Waals surface area contributed by atoms with Crippen LogP contribution in [0.5, 0.6) is 0 Å². The van der Waals surface area contributed by atoms with Crippen molar-refractivity contribution in [2.75, 3.05) is 19.6 Å². The van der Waals surface area contributed by atoms with E-state index in [1.165, 1.54) is 12.5 Å². The van der Waals surface area contributed by atoms with E-state index in [2.05, 4.69) is 62.6 Å². The lowest BCUT2D eigenvalue weighted by molar-refractivity contribution is -0.199. The molecule has 4 fully saturated rings. The van der Waals surface area contributed by atoms with Gasteiger partial charge < -0.3 is 41.4 Å². The van der Waals surface area contributed by atoms with Crippen LogP contribution in [0.1, 0.15) is 124 Å². The van der Waals surface area contributed by atoms with Crippen molar-refractivity contribution in [3.05, 3.63) is 59.7 Å². The number of carbonyl (C=O) groups excluding carboxylic acids is 4. The third-order valence-electron chi connectivity index (χ3n) is 14.0. The number of amides is 3. The van der Waals surface area contributed by atoms with Crippen molar-refractivity contribution < 1.29 is 33.6 Å². The number of carbonyl (C=O) groups is 4. The van der Waals surface area contributed by atoms with Crippen LogP contribution in [0.4, 0.5) is 4.79 Å². The Morgan fingerprint density at radius 3 is 2.08 bits per heavy atom. The van der Waals surface area contributed by atoms with E-state index in [4.69, 9.17) is 20.8 Å². The molecule has 3 saturated carbocycles. The van der Waals surface area contributed by atoms with Crippen molar-refractivity contribution >= 4 is 30.6 Å². The summed E-state index contributed by atoms with van der Waals surface area (Å²) in [5, 5.41) is 16.4. The minimum Gasteiger partial charge on any atom is -0.405 e. The fourth-order valence-corrected chi connectivity index (χ4v) is 9.84. The summed E-state index contributed by atoms with van der Waals surface area (Å²) in [5.74, 6) is -1.07. The Bertz CT molecular complexity index is 1770. The standard InChI is InChI=1S/C48H74BN5O7/c1-8-9-13-34-15-19-36(20-16-34)37-21-17-35(18-22-37)30-54(25-12-24-51)46(59)53-44(33(4)55)41(57)26-31(2)45(58)52-39(14-10-11-23-50)40(56)27-32(3)49-60-43-29-38-28-42(47(38,5)6)48(43,7)61-49/h15-22,31-33,38-39,42-44,55H,8-14,23-30,50-51H2,1-7H3,(H,52,58)(H,53,59)/t31-,32-,33-,38+,39+,42+,43?,44+,48+/m1/s1. The number of hydrogen-bond donors (Lipinski definition) is 5. The second-order valence-electron chi connectivity index (χ2n) is 19.1. The second kappa shape index (κ2) is 21.6. The number of ketones is 2. The molecule has 2 aromatic rings. The summed E-state index contributed by atoms with van der Waals surface area (Å²) in [7, 11) is -0.506. The van der Waals surface area contributed by atoms with E-state index in [0.717, 1.165) is 48.8 Å². The molecule has 7 N–H and O–H groups in total. The summed E-state index contributed by atoms with van der Waals surface area (Å²) < 4.78 is 13.1. The van der Waals surface area contributed by atoms with Gasteiger partial charge in [0.25, 0.3) is 0 Å². The van der Waals surface area contributed by atoms with Crippen LogP contribution >= 0.6 is 0 Å². The number of nitrogens with zero attached hydrogens (tertiary/aromatic N) is 1. The fourth-order valence-electron chi connectivity index (χ4n) is 9.84. The Hall–Kier alpha value is -3.62. The molecule has 3 amide bonds. The lowest BCUT2D eigenvalue weighted by Crippen LogP contribution is -2.65. The van der Waals surface area contributed by atoms with E-state index < -0.39 is 48.9 Å². The maximum absolute atomic E-state index is 13.8. The summed E-state index contributed by atoms with van der Waals surface area (Å²) in [6.45, 7) is 15.5. The molecule has 2 bridgehead atoms. The van der Waals surface area contributed by atoms with Crippen LogP contribution in [0, 0.1) is 23.2 Å². The minimum atomic E-state index is -1.25. The average Bonchev–Trinajstić information content (AvgIpc) is 3.61. The number of urea groups is 1. The first-order valence-corrected chi connectivity index (χ1v) is 23.0. The number of aliphatic hydroxyl groups excluding tert-OH is 1. The minimum absolute atomic E-state index is 0.0102. The van der Waals surface area contributed by atoms with Gasteiger partial charge in [0.05, 0.1) is 23.9 Å². The number of benzene rings is 2. The molecular formula is C48H74BN5O7. The van der Waals surface area contributed by atoms with Crippen molar-refractivity contribution in [3.63, 3.8) is 0 Å². The molecule has 0 aromatic heterocycles. The van der Waals surface area contributed by atoms with Gasteiger partial charge in [-0.15, -0.1) is 0 Å². The predicted molar refractivity (Wildman–Crippen MR) is 241 cm³/mol. The highest BCUT2D eigenvalue weighted by atomic mass is 16.7. The van der Waals surface area contributed by atoms with Crippen molar-refractivity contribution in [2.45, 2.75) is 161 Å². The summed E-state index contributed by atoms with van der Waals surface area (Å²) in [6.07, 6.45) is 6.52. The van der Waals surface area contributed by atoms with Gasteiger partial charge in [-0.05, 0) is 124 Å². The maximum atomic E-state index is 13.8. The molecule has 1 saturated heterocycles. The second-order valence-corrected chi connectivity index (χ2v) is 19.1. The highest BCUT2D eigenvalue weighted by Crippen LogP contribution is 2.66. The Morgan fingerprint density at radius 1 is 0.852 bits per heavy atom. The van der Waals surface area contributed by atoms with E-state index in [1.54, 1.807) is 11.8 Å². The first-order chi connectivity index (χ1) is 29.0. The molecule has 12 nitrogen and oxygen atoms in total. The quantitative estimate of drug-likeness (QED) is 0.0574. The van der Waals surface area contributed by atoms with E-state index in [0.29, 0.717) is 57.2 Å². The Balaban J connectivity index is 1.16. The van der Waals surface area contributed by atoms with Crippen LogP contribution in [-0.2, 0) is 36.7 Å². The van der Waals surface area contributed by atoms with Crippen LogP contribution in [0.3, 0.4) is 0 Å². The molecule has 1 unspecified atom stereocenters. The van der Waals surface area contributed by atoms with Crippen molar-refractivity contribution in [2.24, 2.45) is 34.6 Å². The third kappa shape index (κ3) is 11.9. The number of unbranched alkanes of at least 4 members (excludes halogenated alkanes) is 2. The number of rotatable bonds is 24. The van der Waals surface area contributed by atoms with Crippen molar-refractivity contribution in [1.82, 2.24) is 15.5 Å². The van der Waals surface area contributed by atoms with Crippen molar-refractivity contribution in [1.29, 1.82) is 0 Å². The van der Waals surface area contributed by atoms with E-state index in [9.17, 15) is 24.3 Å². The topological polar surface area (TPSA) is 186 Å². The van der Waals surface area contributed by atoms with Crippen LogP contribution in [-0.4, -0.2) is 90.2 Å². The largest absolute Gasteiger partial charge is 0.461 e. The summed E-state index contributed by atoms with van der Waals surface area (Å²) in [5.41, 5.74) is 15.8. The first-order valence-electron chi connectivity index (χ1n) is 23.0. The highest BCUT2D eigenvalue weighted by molar-refractivity contribution is 6.47. The monoisotopic (exact) mass is 844 g/mol. The zero-order valence-corrected chi connectivity index (χ0v) is 37.9. The summed E-state index contributed by atoms with van der Waals surface area (Å²) in [6, 6.07) is 14.1. The lowest BCUT2D eigenvalue weighted by Gasteiger charge is -2.64. The van der Waals surface area contributed by atoms with Gasteiger partial charge in [0.2, 0.25) is 5.91 Å². The van der Waals surface area contributed by atoms with Crippen LogP contribution in [0.15, 0.2) is 48.5 Å². The zero-order chi connectivity index (χ0) is 44.5. The Morgan fingerprint density at radius 2 is 1.49 bits per heavy atom. The number of aliphatic hydroxyl groups is 1. The molecule has 336 valence electrons. The van der Waals surface area contributed by atoms with Gasteiger partial charge in [-0.1, -0.05) is 89.6 Å². The number of Topliss-reactive ketones (excluding diaryl/α,β-unsaturated/α-hetero) is 2. The molecule has 6 rings (SSSR count). The molecule has 0 spiro atoms. The zero-order valence-electron chi connectivity index (χ0n) is 37.9. The molecular weight excluding hydrogens is 769 g/mol. The molecule has 0 radical (unpaired) electrons. The van der Waals surface area contributed by atoms with Gasteiger partial charge in [-0.3, -0.25) is 14.4 Å². The number of nitrogens with one attached hydrogen (secondary N) is 2. The average molecular weight is 844 g/mol. The molecule has 3 aliphatic carbocycles. The van der Waals surface area contributed by atoms with Gasteiger partial charge in [0.1, 0.15) is 6.04 Å². The predicted octanol–water partition coefficient (Wildman–Crippen LogP) is 6.59. The van der Waals surface area contributed by atoms with Gasteiger partial charge in [-0.25, -0.2) is 4.79 Å². The first kappa shape index (κ1) is 48.4. The molecule has 4 aliphatic rings. The fraction of sp³-hybridized carbons (Fsp3) is 0.667. The van der Waals surface area contributed by atoms with Crippen molar-refractivity contribution in [3.8, 4) is 11.1 Å². The van der Waals surface area contributed by atoms with E-state index >= 15 is 0 Å². The van der Waals surface area contributed by atoms with E-state index in [1.807, 2.05) is 31.2 Å². The molecule has 1 heterocycles. The number of aryl methyl sites for hydroxylation is 1. The van der Waals surface area contributed by atoms with Gasteiger partial charge in [0, 0.05) is 31.8 Å². The Kier molecular flexibility index (Phi) is 17.2. The SMILES string of the molecule is CCCCc1ccc(-c2ccc(CN(CCCN)C(=O)N[C@H](C(=O)C[C@@H](C)C(=O)N[C@@H](CCCCN)C(=O)C[C@@H](C)B3OC4C[C@@H]5C[C@@H](C5(C)C)[C@]4(C)O3)[C@@H](C)O)cc2)cc1. The highest BCUT2D eigenvalue weighted by Gasteiger charge is 2.68. The molecule has 61 heavy (non-hydrogen) atoms. The molecule has 9 atom stereocenters. The molecule has 1 aliphatic heterocycles. The van der Waals surface area contributed by atoms with Crippen LogP contribution in [0.25, 0.3) is 11.1 Å². The molecule has 13 heteroatoms. The smallest absolute Gasteiger partial charge is 0.405 e. The van der Waals surface area contributed by atoms with Crippen LogP contribution in [0.2, 0.25) is 5.82 Å².